The SMILES string of the molecule is CCNC(C)c1ncc(Br)cn1. The fourth-order valence-corrected chi connectivity index (χ4v) is 1.15. The maximum atomic E-state index is 4.18. The molecule has 0 spiro atoms. The van der Waals surface area contributed by atoms with Crippen LogP contribution in [0.15, 0.2) is 16.9 Å². The fourth-order valence-electron chi connectivity index (χ4n) is 0.943. The van der Waals surface area contributed by atoms with Gasteiger partial charge < -0.3 is 5.32 Å². The standard InChI is InChI=1S/C8H12BrN3/c1-3-10-6(2)8-11-4-7(9)5-12-8/h4-6,10H,3H2,1-2H3. The van der Waals surface area contributed by atoms with Crippen LogP contribution < -0.4 is 5.32 Å². The Morgan fingerprint density at radius 2 is 2.08 bits per heavy atom. The summed E-state index contributed by atoms with van der Waals surface area (Å²) in [5.74, 6) is 0.833. The molecular weight excluding hydrogens is 218 g/mol. The Bertz CT molecular complexity index is 235. The molecule has 1 rings (SSSR count). The monoisotopic (exact) mass is 229 g/mol. The second-order valence-corrected chi connectivity index (χ2v) is 3.45. The number of halogens is 1. The summed E-state index contributed by atoms with van der Waals surface area (Å²) in [5, 5.41) is 3.24. The van der Waals surface area contributed by atoms with Crippen LogP contribution in [0.1, 0.15) is 25.7 Å². The minimum Gasteiger partial charge on any atom is -0.308 e. The zero-order valence-corrected chi connectivity index (χ0v) is 8.80. The van der Waals surface area contributed by atoms with Crippen molar-refractivity contribution in [2.24, 2.45) is 0 Å². The normalized spacial score (nSPS) is 12.9. The number of nitrogens with zero attached hydrogens (tertiary/aromatic N) is 2. The third kappa shape index (κ3) is 2.53. The Hall–Kier alpha value is -0.480. The maximum Gasteiger partial charge on any atom is 0.144 e. The molecule has 0 saturated carbocycles. The van der Waals surface area contributed by atoms with Crippen molar-refractivity contribution in [1.29, 1.82) is 0 Å². The quantitative estimate of drug-likeness (QED) is 0.861. The minimum absolute atomic E-state index is 0.225. The highest BCUT2D eigenvalue weighted by Crippen LogP contribution is 2.09. The first kappa shape index (κ1) is 9.61. The van der Waals surface area contributed by atoms with Crippen LogP contribution in [0, 0.1) is 0 Å². The topological polar surface area (TPSA) is 37.8 Å². The molecule has 0 radical (unpaired) electrons. The first-order chi connectivity index (χ1) is 5.74. The van der Waals surface area contributed by atoms with Crippen molar-refractivity contribution in [2.75, 3.05) is 6.54 Å². The lowest BCUT2D eigenvalue weighted by atomic mass is 10.3. The zero-order valence-electron chi connectivity index (χ0n) is 7.21. The summed E-state index contributed by atoms with van der Waals surface area (Å²) in [6.45, 7) is 5.04. The molecule has 12 heavy (non-hydrogen) atoms. The fraction of sp³-hybridized carbons (Fsp3) is 0.500. The van der Waals surface area contributed by atoms with Crippen molar-refractivity contribution >= 4 is 15.9 Å². The second kappa shape index (κ2) is 4.52. The van der Waals surface area contributed by atoms with E-state index in [1.54, 1.807) is 12.4 Å². The lowest BCUT2D eigenvalue weighted by Gasteiger charge is -2.09. The predicted molar refractivity (Wildman–Crippen MR) is 51.8 cm³/mol. The van der Waals surface area contributed by atoms with Crippen LogP contribution in [0.4, 0.5) is 0 Å². The van der Waals surface area contributed by atoms with E-state index in [4.69, 9.17) is 0 Å². The molecule has 1 aromatic heterocycles. The molecule has 0 aliphatic rings. The molecule has 3 nitrogen and oxygen atoms in total. The molecule has 0 aromatic carbocycles. The van der Waals surface area contributed by atoms with Gasteiger partial charge in [-0.25, -0.2) is 9.97 Å². The number of nitrogens with one attached hydrogen (secondary N) is 1. The largest absolute Gasteiger partial charge is 0.308 e. The van der Waals surface area contributed by atoms with Gasteiger partial charge >= 0.3 is 0 Å². The molecule has 0 saturated heterocycles. The van der Waals surface area contributed by atoms with Crippen molar-refractivity contribution in [2.45, 2.75) is 19.9 Å². The van der Waals surface area contributed by atoms with Crippen molar-refractivity contribution in [1.82, 2.24) is 15.3 Å². The predicted octanol–water partition coefficient (Wildman–Crippen LogP) is 1.91. The number of aromatic nitrogens is 2. The van der Waals surface area contributed by atoms with Gasteiger partial charge in [-0.2, -0.15) is 0 Å². The van der Waals surface area contributed by atoms with Gasteiger partial charge in [-0.3, -0.25) is 0 Å². The summed E-state index contributed by atoms with van der Waals surface area (Å²) < 4.78 is 0.912. The van der Waals surface area contributed by atoms with Crippen molar-refractivity contribution in [3.05, 3.63) is 22.7 Å². The van der Waals surface area contributed by atoms with Gasteiger partial charge in [0.1, 0.15) is 5.82 Å². The highest BCUT2D eigenvalue weighted by molar-refractivity contribution is 9.10. The van der Waals surface area contributed by atoms with Crippen molar-refractivity contribution < 1.29 is 0 Å². The van der Waals surface area contributed by atoms with Crippen molar-refractivity contribution in [3.63, 3.8) is 0 Å². The van der Waals surface area contributed by atoms with Crippen LogP contribution in [0.25, 0.3) is 0 Å². The van der Waals surface area contributed by atoms with Gasteiger partial charge in [0.05, 0.1) is 10.5 Å². The van der Waals surface area contributed by atoms with E-state index in [2.05, 4.69) is 38.1 Å². The summed E-state index contributed by atoms with van der Waals surface area (Å²) >= 11 is 3.29. The lowest BCUT2D eigenvalue weighted by molar-refractivity contribution is 0.565. The maximum absolute atomic E-state index is 4.18. The van der Waals surface area contributed by atoms with E-state index >= 15 is 0 Å². The van der Waals surface area contributed by atoms with E-state index < -0.39 is 0 Å². The Morgan fingerprint density at radius 3 is 2.58 bits per heavy atom. The van der Waals surface area contributed by atoms with E-state index in [9.17, 15) is 0 Å². The van der Waals surface area contributed by atoms with Gasteiger partial charge in [0.2, 0.25) is 0 Å². The molecule has 1 unspecified atom stereocenters. The molecule has 0 bridgehead atoms. The molecule has 0 aliphatic carbocycles. The summed E-state index contributed by atoms with van der Waals surface area (Å²) in [6.07, 6.45) is 3.52. The number of rotatable bonds is 3. The highest BCUT2D eigenvalue weighted by atomic mass is 79.9. The van der Waals surface area contributed by atoms with Gasteiger partial charge in [-0.05, 0) is 29.4 Å². The van der Waals surface area contributed by atoms with Gasteiger partial charge in [0.15, 0.2) is 0 Å². The molecule has 0 aliphatic heterocycles. The molecule has 4 heteroatoms. The first-order valence-corrected chi connectivity index (χ1v) is 4.74. The van der Waals surface area contributed by atoms with E-state index in [1.165, 1.54) is 0 Å². The van der Waals surface area contributed by atoms with Crippen LogP contribution >= 0.6 is 15.9 Å². The average molecular weight is 230 g/mol. The molecule has 0 amide bonds. The van der Waals surface area contributed by atoms with Gasteiger partial charge in [-0.1, -0.05) is 6.92 Å². The van der Waals surface area contributed by atoms with Crippen LogP contribution in [-0.4, -0.2) is 16.5 Å². The summed E-state index contributed by atoms with van der Waals surface area (Å²) in [4.78, 5) is 8.35. The molecule has 1 atom stereocenters. The Labute approximate surface area is 80.7 Å². The second-order valence-electron chi connectivity index (χ2n) is 2.54. The summed E-state index contributed by atoms with van der Waals surface area (Å²) in [6, 6.07) is 0.225. The molecular formula is C8H12BrN3. The van der Waals surface area contributed by atoms with Crippen LogP contribution in [0.3, 0.4) is 0 Å². The first-order valence-electron chi connectivity index (χ1n) is 3.95. The molecule has 0 fully saturated rings. The number of hydrogen-bond acceptors (Lipinski definition) is 3. The van der Waals surface area contributed by atoms with Crippen LogP contribution in [-0.2, 0) is 0 Å². The molecule has 1 N–H and O–H groups in total. The Balaban J connectivity index is 2.68. The Morgan fingerprint density at radius 1 is 1.50 bits per heavy atom. The third-order valence-corrected chi connectivity index (χ3v) is 1.95. The van der Waals surface area contributed by atoms with E-state index in [-0.39, 0.29) is 6.04 Å². The molecule has 1 heterocycles. The molecule has 66 valence electrons. The van der Waals surface area contributed by atoms with Gasteiger partial charge in [0.25, 0.3) is 0 Å². The van der Waals surface area contributed by atoms with Crippen LogP contribution in [0.5, 0.6) is 0 Å². The van der Waals surface area contributed by atoms with Gasteiger partial charge in [0, 0.05) is 12.4 Å². The minimum atomic E-state index is 0.225. The van der Waals surface area contributed by atoms with E-state index in [0.717, 1.165) is 16.8 Å². The molecule has 1 aromatic rings. The summed E-state index contributed by atoms with van der Waals surface area (Å²) in [5.41, 5.74) is 0. The third-order valence-electron chi connectivity index (χ3n) is 1.54. The van der Waals surface area contributed by atoms with Crippen molar-refractivity contribution in [3.8, 4) is 0 Å². The smallest absolute Gasteiger partial charge is 0.144 e. The highest BCUT2D eigenvalue weighted by Gasteiger charge is 2.05. The number of hydrogen-bond donors (Lipinski definition) is 1. The van der Waals surface area contributed by atoms with E-state index in [1.807, 2.05) is 6.92 Å². The Kier molecular flexibility index (Phi) is 3.62. The van der Waals surface area contributed by atoms with E-state index in [0.29, 0.717) is 0 Å². The van der Waals surface area contributed by atoms with Gasteiger partial charge in [-0.15, -0.1) is 0 Å². The summed E-state index contributed by atoms with van der Waals surface area (Å²) in [7, 11) is 0. The van der Waals surface area contributed by atoms with Crippen LogP contribution in [0.2, 0.25) is 0 Å². The zero-order chi connectivity index (χ0) is 8.97. The lowest BCUT2D eigenvalue weighted by Crippen LogP contribution is -2.19. The average Bonchev–Trinajstić information content (AvgIpc) is 2.06.